The van der Waals surface area contributed by atoms with Gasteiger partial charge in [-0.3, -0.25) is 14.3 Å². The first-order valence-corrected chi connectivity index (χ1v) is 8.18. The molecule has 0 spiro atoms. The predicted octanol–water partition coefficient (Wildman–Crippen LogP) is 4.33. The van der Waals surface area contributed by atoms with Crippen LogP contribution in [0.4, 0.5) is 13.2 Å². The minimum Gasteiger partial charge on any atom is -0.496 e. The number of halogens is 3. The number of methoxy groups -OCH3 is 1. The number of allylic oxidation sites excluding steroid dienone is 1. The van der Waals surface area contributed by atoms with E-state index in [1.54, 1.807) is 24.3 Å². The van der Waals surface area contributed by atoms with Gasteiger partial charge in [-0.05, 0) is 30.4 Å². The van der Waals surface area contributed by atoms with Gasteiger partial charge in [-0.2, -0.15) is 13.2 Å². The minimum absolute atomic E-state index is 0.0186. The second-order valence-corrected chi connectivity index (χ2v) is 6.00. The lowest BCUT2D eigenvalue weighted by Crippen LogP contribution is -2.20. The molecule has 0 amide bonds. The van der Waals surface area contributed by atoms with Crippen molar-refractivity contribution in [2.24, 2.45) is 0 Å². The van der Waals surface area contributed by atoms with Crippen LogP contribution in [0.1, 0.15) is 5.56 Å². The number of nitrogens with zero attached hydrogens (tertiary/aromatic N) is 2. The number of hydrogen-bond donors (Lipinski definition) is 1. The fourth-order valence-electron chi connectivity index (χ4n) is 2.79. The zero-order chi connectivity index (χ0) is 19.8. The first-order chi connectivity index (χ1) is 12.8. The zero-order valence-electron chi connectivity index (χ0n) is 14.1. The second kappa shape index (κ2) is 6.99. The van der Waals surface area contributed by atoms with Crippen LogP contribution in [0.3, 0.4) is 0 Å². The number of nitrogens with one attached hydrogen (secondary N) is 1. The van der Waals surface area contributed by atoms with E-state index in [2.05, 4.69) is 16.5 Å². The Morgan fingerprint density at radius 1 is 1.37 bits per heavy atom. The number of rotatable bonds is 4. The third-order valence-electron chi connectivity index (χ3n) is 3.95. The molecule has 9 heteroatoms. The van der Waals surface area contributed by atoms with Gasteiger partial charge in [0.05, 0.1) is 23.8 Å². The number of fused-ring (bicyclic) bond motifs is 1. The third kappa shape index (κ3) is 3.37. The molecular formula is C18H14F3N3O2S. The van der Waals surface area contributed by atoms with E-state index in [4.69, 9.17) is 17.0 Å². The fraction of sp³-hybridized carbons (Fsp3) is 0.167. The van der Waals surface area contributed by atoms with Gasteiger partial charge >= 0.3 is 6.18 Å². The van der Waals surface area contributed by atoms with Gasteiger partial charge in [-0.25, -0.2) is 4.98 Å². The molecule has 1 N–H and O–H groups in total. The van der Waals surface area contributed by atoms with Gasteiger partial charge in [0, 0.05) is 12.1 Å². The van der Waals surface area contributed by atoms with Crippen molar-refractivity contribution in [2.45, 2.75) is 12.7 Å². The van der Waals surface area contributed by atoms with Crippen LogP contribution in [0.2, 0.25) is 0 Å². The van der Waals surface area contributed by atoms with E-state index in [1.807, 2.05) is 0 Å². The molecule has 5 nitrogen and oxygen atoms in total. The lowest BCUT2D eigenvalue weighted by atomic mass is 10.1. The van der Waals surface area contributed by atoms with E-state index in [-0.39, 0.29) is 22.7 Å². The van der Waals surface area contributed by atoms with Gasteiger partial charge < -0.3 is 4.74 Å². The number of H-pyrrole nitrogens is 1. The van der Waals surface area contributed by atoms with Crippen molar-refractivity contribution < 1.29 is 17.9 Å². The molecule has 0 fully saturated rings. The van der Waals surface area contributed by atoms with Gasteiger partial charge in [0.1, 0.15) is 11.4 Å². The molecule has 2 aromatic heterocycles. The van der Waals surface area contributed by atoms with Crippen molar-refractivity contribution in [3.8, 4) is 17.0 Å². The van der Waals surface area contributed by atoms with Gasteiger partial charge in [0.15, 0.2) is 4.77 Å². The van der Waals surface area contributed by atoms with Crippen LogP contribution < -0.4 is 10.3 Å². The van der Waals surface area contributed by atoms with Gasteiger partial charge in [0.25, 0.3) is 5.56 Å². The van der Waals surface area contributed by atoms with Crippen LogP contribution in [0, 0.1) is 4.77 Å². The average molecular weight is 393 g/mol. The van der Waals surface area contributed by atoms with Crippen LogP contribution in [-0.4, -0.2) is 21.6 Å². The van der Waals surface area contributed by atoms with Crippen molar-refractivity contribution in [1.29, 1.82) is 0 Å². The summed E-state index contributed by atoms with van der Waals surface area (Å²) >= 11 is 5.09. The minimum atomic E-state index is -4.76. The topological polar surface area (TPSA) is 59.9 Å². The number of aromatic nitrogens is 3. The highest BCUT2D eigenvalue weighted by Crippen LogP contribution is 2.37. The number of hydrogen-bond acceptors (Lipinski definition) is 4. The number of benzene rings is 1. The van der Waals surface area contributed by atoms with E-state index < -0.39 is 22.7 Å². The molecule has 0 saturated heterocycles. The quantitative estimate of drug-likeness (QED) is 0.529. The number of pyridine rings is 1. The monoisotopic (exact) mass is 393 g/mol. The predicted molar refractivity (Wildman–Crippen MR) is 98.4 cm³/mol. The Morgan fingerprint density at radius 3 is 2.70 bits per heavy atom. The highest BCUT2D eigenvalue weighted by atomic mass is 32.1. The average Bonchev–Trinajstić information content (AvgIpc) is 2.63. The van der Waals surface area contributed by atoms with Crippen LogP contribution in [0.25, 0.3) is 22.3 Å². The molecule has 0 bridgehead atoms. The van der Waals surface area contributed by atoms with E-state index in [0.29, 0.717) is 11.3 Å². The van der Waals surface area contributed by atoms with Crippen molar-refractivity contribution in [2.75, 3.05) is 7.11 Å². The number of ether oxygens (including phenoxy) is 1. The maximum atomic E-state index is 13.7. The molecular weight excluding hydrogens is 379 g/mol. The molecule has 0 atom stereocenters. The number of alkyl halides is 3. The van der Waals surface area contributed by atoms with E-state index in [9.17, 15) is 18.0 Å². The molecule has 0 saturated carbocycles. The van der Waals surface area contributed by atoms with E-state index in [0.717, 1.165) is 6.07 Å². The zero-order valence-corrected chi connectivity index (χ0v) is 14.9. The highest BCUT2D eigenvalue weighted by molar-refractivity contribution is 7.71. The summed E-state index contributed by atoms with van der Waals surface area (Å²) in [6, 6.07) is 7.40. The molecule has 2 heterocycles. The summed E-state index contributed by atoms with van der Waals surface area (Å²) in [6.07, 6.45) is -3.31. The van der Waals surface area contributed by atoms with Crippen molar-refractivity contribution in [3.63, 3.8) is 0 Å². The lowest BCUT2D eigenvalue weighted by Gasteiger charge is -2.16. The summed E-state index contributed by atoms with van der Waals surface area (Å²) in [4.78, 5) is 18.9. The summed E-state index contributed by atoms with van der Waals surface area (Å²) in [6.45, 7) is 3.67. The number of para-hydroxylation sites is 1. The largest absolute Gasteiger partial charge is 0.496 e. The molecule has 0 aliphatic carbocycles. The Balaban J connectivity index is 2.52. The molecule has 3 aromatic rings. The normalized spacial score (nSPS) is 11.6. The first-order valence-electron chi connectivity index (χ1n) is 7.77. The van der Waals surface area contributed by atoms with Crippen LogP contribution in [0.15, 0.2) is 47.8 Å². The van der Waals surface area contributed by atoms with Gasteiger partial charge in [0.2, 0.25) is 0 Å². The molecule has 27 heavy (non-hydrogen) atoms. The lowest BCUT2D eigenvalue weighted by molar-refractivity contribution is -0.136. The van der Waals surface area contributed by atoms with Crippen molar-refractivity contribution in [3.05, 3.63) is 63.7 Å². The second-order valence-electron chi connectivity index (χ2n) is 5.61. The van der Waals surface area contributed by atoms with Crippen LogP contribution >= 0.6 is 12.2 Å². The molecule has 1 aromatic carbocycles. The van der Waals surface area contributed by atoms with Crippen LogP contribution in [-0.2, 0) is 12.7 Å². The standard InChI is InChI=1S/C18H14F3N3O2S/c1-3-8-24-15-14(16(25)23-17(24)27)11(18(19,20)21)9-12(22-15)10-6-4-5-7-13(10)26-2/h3-7,9H,1,8H2,2H3,(H,23,25,27). The molecule has 0 unspecified atom stereocenters. The Labute approximate surface area is 156 Å². The smallest absolute Gasteiger partial charge is 0.417 e. The van der Waals surface area contributed by atoms with Crippen molar-refractivity contribution >= 4 is 23.3 Å². The fourth-order valence-corrected chi connectivity index (χ4v) is 3.04. The summed E-state index contributed by atoms with van der Waals surface area (Å²) < 4.78 is 47.7. The Morgan fingerprint density at radius 2 is 2.07 bits per heavy atom. The molecule has 0 radical (unpaired) electrons. The highest BCUT2D eigenvalue weighted by Gasteiger charge is 2.35. The SMILES string of the molecule is C=CCn1c(=S)[nH]c(=O)c2c(C(F)(F)F)cc(-c3ccccc3OC)nc21. The maximum absolute atomic E-state index is 13.7. The Kier molecular flexibility index (Phi) is 4.88. The summed E-state index contributed by atoms with van der Waals surface area (Å²) in [5.74, 6) is 0.358. The number of aromatic amines is 1. The van der Waals surface area contributed by atoms with Crippen LogP contribution in [0.5, 0.6) is 5.75 Å². The Hall–Kier alpha value is -2.94. The molecule has 140 valence electrons. The molecule has 0 aliphatic rings. The summed E-state index contributed by atoms with van der Waals surface area (Å²) in [5.41, 5.74) is -1.82. The Bertz CT molecular complexity index is 1150. The van der Waals surface area contributed by atoms with E-state index in [1.165, 1.54) is 17.8 Å². The van der Waals surface area contributed by atoms with E-state index >= 15 is 0 Å². The molecule has 0 aliphatic heterocycles. The maximum Gasteiger partial charge on any atom is 0.417 e. The van der Waals surface area contributed by atoms with Crippen molar-refractivity contribution in [1.82, 2.24) is 14.5 Å². The van der Waals surface area contributed by atoms with Gasteiger partial charge in [-0.15, -0.1) is 6.58 Å². The molecule has 3 rings (SSSR count). The summed E-state index contributed by atoms with van der Waals surface area (Å²) in [5, 5.41) is -0.573. The summed E-state index contributed by atoms with van der Waals surface area (Å²) in [7, 11) is 1.41. The van der Waals surface area contributed by atoms with Gasteiger partial charge in [-0.1, -0.05) is 18.2 Å². The third-order valence-corrected chi connectivity index (χ3v) is 4.27. The first kappa shape index (κ1) is 18.8.